The van der Waals surface area contributed by atoms with Gasteiger partial charge in [0.25, 0.3) is 0 Å². The van der Waals surface area contributed by atoms with Gasteiger partial charge in [-0.3, -0.25) is 0 Å². The van der Waals surface area contributed by atoms with Gasteiger partial charge in [0.2, 0.25) is 0 Å². The molecule has 13 heavy (non-hydrogen) atoms. The smallest absolute Gasteiger partial charge is 0.330 e. The van der Waals surface area contributed by atoms with Crippen LogP contribution in [0.2, 0.25) is 0 Å². The second kappa shape index (κ2) is 7.64. The lowest BCUT2D eigenvalue weighted by molar-refractivity contribution is 0.630. The average molecular weight is 199 g/mol. The first-order valence-electron chi connectivity index (χ1n) is 3.92. The summed E-state index contributed by atoms with van der Waals surface area (Å²) in [5.41, 5.74) is 8.06. The molecule has 0 saturated carbocycles. The minimum atomic E-state index is -0.750. The number of hydrogen-bond acceptors (Lipinski definition) is 3. The topological polar surface area (TPSA) is 60.2 Å². The summed E-state index contributed by atoms with van der Waals surface area (Å²) in [5, 5.41) is 0. The summed E-state index contributed by atoms with van der Waals surface area (Å²) >= 11 is -0.750. The van der Waals surface area contributed by atoms with Crippen molar-refractivity contribution in [2.75, 3.05) is 6.54 Å². The monoisotopic (exact) mass is 199 g/mol. The van der Waals surface area contributed by atoms with Crippen LogP contribution in [0.3, 0.4) is 0 Å². The normalized spacial score (nSPS) is 8.46. The van der Waals surface area contributed by atoms with Gasteiger partial charge in [0, 0.05) is 0 Å². The van der Waals surface area contributed by atoms with Gasteiger partial charge >= 0.3 is 11.6 Å². The molecule has 0 atom stereocenters. The molecule has 0 aliphatic carbocycles. The predicted octanol–water partition coefficient (Wildman–Crippen LogP) is 0.826. The zero-order chi connectivity index (χ0) is 10.1. The van der Waals surface area contributed by atoms with E-state index in [0.29, 0.717) is 0 Å². The fourth-order valence-corrected chi connectivity index (χ4v) is 1.03. The van der Waals surface area contributed by atoms with E-state index in [4.69, 9.17) is 14.2 Å². The van der Waals surface area contributed by atoms with Crippen LogP contribution in [0.1, 0.15) is 11.1 Å². The number of nitrogens with two attached hydrogens (primary N) is 1. The zero-order valence-electron chi connectivity index (χ0n) is 7.53. The van der Waals surface area contributed by atoms with Gasteiger partial charge in [0.15, 0.2) is 0 Å². The SMILES string of the molecule is Cc1cccc(CCN)c1.O=S=O. The average Bonchev–Trinajstić information content (AvgIpc) is 2.06. The quantitative estimate of drug-likeness (QED) is 0.767. The van der Waals surface area contributed by atoms with Gasteiger partial charge in [-0.05, 0) is 25.5 Å². The Hall–Kier alpha value is -1.00. The summed E-state index contributed by atoms with van der Waals surface area (Å²) in [4.78, 5) is 0. The van der Waals surface area contributed by atoms with Gasteiger partial charge in [-0.15, -0.1) is 0 Å². The molecule has 0 spiro atoms. The molecule has 4 heteroatoms. The van der Waals surface area contributed by atoms with Crippen LogP contribution < -0.4 is 5.73 Å². The molecule has 0 aromatic heterocycles. The van der Waals surface area contributed by atoms with Crippen molar-refractivity contribution < 1.29 is 8.42 Å². The summed E-state index contributed by atoms with van der Waals surface area (Å²) in [6.45, 7) is 2.84. The molecule has 0 radical (unpaired) electrons. The molecule has 1 aromatic carbocycles. The van der Waals surface area contributed by atoms with Crippen LogP contribution >= 0.6 is 0 Å². The van der Waals surface area contributed by atoms with Crippen molar-refractivity contribution in [2.24, 2.45) is 5.73 Å². The highest BCUT2D eigenvalue weighted by Crippen LogP contribution is 2.03. The Morgan fingerprint density at radius 3 is 2.46 bits per heavy atom. The van der Waals surface area contributed by atoms with E-state index in [-0.39, 0.29) is 0 Å². The van der Waals surface area contributed by atoms with Gasteiger partial charge in [-0.2, -0.15) is 8.42 Å². The molecule has 0 aliphatic rings. The van der Waals surface area contributed by atoms with E-state index in [1.54, 1.807) is 0 Å². The lowest BCUT2D eigenvalue weighted by Crippen LogP contribution is -2.02. The van der Waals surface area contributed by atoms with Crippen LogP contribution in [0, 0.1) is 6.92 Å². The first kappa shape index (κ1) is 12.0. The van der Waals surface area contributed by atoms with E-state index in [1.807, 2.05) is 0 Å². The van der Waals surface area contributed by atoms with Crippen molar-refractivity contribution in [3.8, 4) is 0 Å². The maximum absolute atomic E-state index is 8.29. The second-order valence-electron chi connectivity index (χ2n) is 2.60. The van der Waals surface area contributed by atoms with Crippen molar-refractivity contribution in [2.45, 2.75) is 13.3 Å². The number of hydrogen-bond donors (Lipinski definition) is 1. The standard InChI is InChI=1S/C9H13N.O2S/c1-8-3-2-4-9(7-8)5-6-10;1-3-2/h2-4,7H,5-6,10H2,1H3;. The Kier molecular flexibility index (Phi) is 7.05. The Morgan fingerprint density at radius 1 is 1.38 bits per heavy atom. The lowest BCUT2D eigenvalue weighted by Gasteiger charge is -1.98. The summed E-state index contributed by atoms with van der Waals surface area (Å²) in [7, 11) is 0. The molecular formula is C9H13NO2S. The van der Waals surface area contributed by atoms with Crippen molar-refractivity contribution >= 4 is 11.6 Å². The highest BCUT2D eigenvalue weighted by molar-refractivity contribution is 7.51. The molecule has 0 amide bonds. The van der Waals surface area contributed by atoms with E-state index in [2.05, 4.69) is 31.2 Å². The molecule has 0 heterocycles. The van der Waals surface area contributed by atoms with Crippen LogP contribution in [-0.2, 0) is 18.0 Å². The number of benzene rings is 1. The van der Waals surface area contributed by atoms with Crippen LogP contribution in [0.25, 0.3) is 0 Å². The molecule has 1 aromatic rings. The minimum absolute atomic E-state index is 0.740. The van der Waals surface area contributed by atoms with Crippen LogP contribution in [0.15, 0.2) is 24.3 Å². The van der Waals surface area contributed by atoms with E-state index in [1.165, 1.54) is 11.1 Å². The first-order chi connectivity index (χ1) is 6.24. The molecule has 1 rings (SSSR count). The van der Waals surface area contributed by atoms with E-state index in [9.17, 15) is 0 Å². The predicted molar refractivity (Wildman–Crippen MR) is 52.9 cm³/mol. The number of rotatable bonds is 2. The molecule has 0 aliphatic heterocycles. The molecule has 0 unspecified atom stereocenters. The molecule has 0 saturated heterocycles. The van der Waals surface area contributed by atoms with Gasteiger partial charge in [-0.1, -0.05) is 29.8 Å². The maximum atomic E-state index is 8.29. The maximum Gasteiger partial charge on any atom is 0.335 e. The Bertz CT molecular complexity index is 283. The van der Waals surface area contributed by atoms with Crippen molar-refractivity contribution in [1.29, 1.82) is 0 Å². The van der Waals surface area contributed by atoms with Crippen molar-refractivity contribution in [1.82, 2.24) is 0 Å². The molecular weight excluding hydrogens is 186 g/mol. The van der Waals surface area contributed by atoms with Gasteiger partial charge < -0.3 is 5.73 Å². The van der Waals surface area contributed by atoms with Gasteiger partial charge in [0.1, 0.15) is 0 Å². The third kappa shape index (κ3) is 6.19. The Labute approximate surface area is 81.6 Å². The van der Waals surface area contributed by atoms with E-state index >= 15 is 0 Å². The fourth-order valence-electron chi connectivity index (χ4n) is 1.03. The summed E-state index contributed by atoms with van der Waals surface area (Å²) in [6, 6.07) is 8.45. The van der Waals surface area contributed by atoms with Crippen LogP contribution in [0.4, 0.5) is 0 Å². The molecule has 0 fully saturated rings. The zero-order valence-corrected chi connectivity index (χ0v) is 8.34. The van der Waals surface area contributed by atoms with Crippen molar-refractivity contribution in [3.63, 3.8) is 0 Å². The van der Waals surface area contributed by atoms with Crippen molar-refractivity contribution in [3.05, 3.63) is 35.4 Å². The Morgan fingerprint density at radius 2 is 2.00 bits per heavy atom. The third-order valence-corrected chi connectivity index (χ3v) is 1.52. The highest BCUT2D eigenvalue weighted by Gasteiger charge is 1.89. The van der Waals surface area contributed by atoms with E-state index in [0.717, 1.165) is 13.0 Å². The van der Waals surface area contributed by atoms with Gasteiger partial charge in [-0.25, -0.2) is 0 Å². The lowest BCUT2D eigenvalue weighted by atomic mass is 10.1. The van der Waals surface area contributed by atoms with Crippen LogP contribution in [0.5, 0.6) is 0 Å². The summed E-state index contributed by atoms with van der Waals surface area (Å²) < 4.78 is 16.6. The van der Waals surface area contributed by atoms with E-state index < -0.39 is 11.6 Å². The first-order valence-corrected chi connectivity index (χ1v) is 4.58. The molecule has 2 N–H and O–H groups in total. The van der Waals surface area contributed by atoms with Gasteiger partial charge in [0.05, 0.1) is 0 Å². The largest absolute Gasteiger partial charge is 0.335 e. The molecule has 3 nitrogen and oxygen atoms in total. The summed E-state index contributed by atoms with van der Waals surface area (Å²) in [6.07, 6.45) is 0.988. The molecule has 72 valence electrons. The molecule has 0 bridgehead atoms. The third-order valence-electron chi connectivity index (χ3n) is 1.52. The van der Waals surface area contributed by atoms with Crippen LogP contribution in [-0.4, -0.2) is 15.0 Å². The number of aryl methyl sites for hydroxylation is 1. The second-order valence-corrected chi connectivity index (χ2v) is 2.73. The Balaban J connectivity index is 0.000000424. The summed E-state index contributed by atoms with van der Waals surface area (Å²) in [5.74, 6) is 0. The highest BCUT2D eigenvalue weighted by atomic mass is 32.1. The fraction of sp³-hybridized carbons (Fsp3) is 0.333. The minimum Gasteiger partial charge on any atom is -0.330 e.